The van der Waals surface area contributed by atoms with Gasteiger partial charge in [-0.05, 0) is 62.0 Å². The van der Waals surface area contributed by atoms with Crippen molar-refractivity contribution in [3.05, 3.63) is 59.3 Å². The highest BCUT2D eigenvalue weighted by atomic mass is 16.5. The minimum atomic E-state index is -0.341. The van der Waals surface area contributed by atoms with Gasteiger partial charge in [0.25, 0.3) is 0 Å². The zero-order valence-corrected chi connectivity index (χ0v) is 15.0. The summed E-state index contributed by atoms with van der Waals surface area (Å²) >= 11 is 0. The maximum atomic E-state index is 12.7. The largest absolute Gasteiger partial charge is 0.493 e. The molecule has 0 amide bonds. The Hall–Kier alpha value is -2.79. The number of H-pyrrole nitrogens is 1. The lowest BCUT2D eigenvalue weighted by atomic mass is 10.1. The lowest BCUT2D eigenvalue weighted by Gasteiger charge is -2.11. The summed E-state index contributed by atoms with van der Waals surface area (Å²) in [6.45, 7) is 1.60. The van der Waals surface area contributed by atoms with E-state index in [4.69, 9.17) is 9.47 Å². The molecule has 1 aliphatic rings. The molecule has 2 heterocycles. The van der Waals surface area contributed by atoms with Gasteiger partial charge >= 0.3 is 5.97 Å². The number of aromatic amines is 1. The molecule has 5 heteroatoms. The van der Waals surface area contributed by atoms with Crippen LogP contribution in [0.5, 0.6) is 11.5 Å². The molecule has 0 unspecified atom stereocenters. The molecule has 0 radical (unpaired) electrons. The van der Waals surface area contributed by atoms with Crippen molar-refractivity contribution in [3.63, 3.8) is 0 Å². The first-order valence-electron chi connectivity index (χ1n) is 8.83. The smallest absolute Gasteiger partial charge is 0.343 e. The van der Waals surface area contributed by atoms with Gasteiger partial charge in [-0.15, -0.1) is 0 Å². The fourth-order valence-electron chi connectivity index (χ4n) is 3.32. The number of rotatable bonds is 5. The number of benzene rings is 2. The summed E-state index contributed by atoms with van der Waals surface area (Å²) in [5.74, 6) is 1.12. The number of likely N-dealkylation sites (N-methyl/N-ethyl adjacent to an activating group) is 1. The molecule has 3 aromatic rings. The van der Waals surface area contributed by atoms with E-state index in [1.54, 1.807) is 6.07 Å². The zero-order valence-electron chi connectivity index (χ0n) is 15.0. The number of carbonyl (C=O) groups is 1. The van der Waals surface area contributed by atoms with Crippen LogP contribution in [-0.2, 0) is 12.8 Å². The van der Waals surface area contributed by atoms with E-state index in [-0.39, 0.29) is 5.97 Å². The standard InChI is InChI=1S/C21H22N2O3/c1-23(2)10-8-16-13-22-17-4-3-5-19(20(16)17)26-21(24)15-6-7-18-14(12-15)9-11-25-18/h3-7,12-13,22H,8-11H2,1-2H3. The number of esters is 1. The third-order valence-corrected chi connectivity index (χ3v) is 4.71. The van der Waals surface area contributed by atoms with Crippen LogP contribution in [0.4, 0.5) is 0 Å². The SMILES string of the molecule is CN(C)CCc1c[nH]c2cccc(OC(=O)c3ccc4c(c3)CCO4)c12. The van der Waals surface area contributed by atoms with Crippen molar-refractivity contribution >= 4 is 16.9 Å². The lowest BCUT2D eigenvalue weighted by molar-refractivity contribution is 0.0737. The molecule has 1 N–H and O–H groups in total. The van der Waals surface area contributed by atoms with Crippen molar-refractivity contribution in [2.75, 3.05) is 27.2 Å². The maximum absolute atomic E-state index is 12.7. The van der Waals surface area contributed by atoms with E-state index in [9.17, 15) is 4.79 Å². The molecule has 0 saturated carbocycles. The van der Waals surface area contributed by atoms with Crippen molar-refractivity contribution in [2.45, 2.75) is 12.8 Å². The Labute approximate surface area is 152 Å². The minimum absolute atomic E-state index is 0.341. The molecule has 4 rings (SSSR count). The highest BCUT2D eigenvalue weighted by molar-refractivity contribution is 5.96. The van der Waals surface area contributed by atoms with E-state index in [0.717, 1.165) is 47.2 Å². The summed E-state index contributed by atoms with van der Waals surface area (Å²) in [5.41, 5.74) is 3.74. The van der Waals surface area contributed by atoms with Crippen molar-refractivity contribution < 1.29 is 14.3 Å². The number of aromatic nitrogens is 1. The van der Waals surface area contributed by atoms with Gasteiger partial charge in [-0.3, -0.25) is 0 Å². The van der Waals surface area contributed by atoms with Gasteiger partial charge in [-0.1, -0.05) is 6.07 Å². The topological polar surface area (TPSA) is 54.6 Å². The van der Waals surface area contributed by atoms with Crippen LogP contribution in [0.15, 0.2) is 42.6 Å². The van der Waals surface area contributed by atoms with E-state index < -0.39 is 0 Å². The summed E-state index contributed by atoms with van der Waals surface area (Å²) in [7, 11) is 4.10. The van der Waals surface area contributed by atoms with Crippen molar-refractivity contribution in [2.24, 2.45) is 0 Å². The molecule has 0 atom stereocenters. The van der Waals surface area contributed by atoms with Crippen molar-refractivity contribution in [3.8, 4) is 11.5 Å². The first-order chi connectivity index (χ1) is 12.6. The number of ether oxygens (including phenoxy) is 2. The van der Waals surface area contributed by atoms with Gasteiger partial charge in [0.2, 0.25) is 0 Å². The molecule has 0 fully saturated rings. The second kappa shape index (κ2) is 6.84. The van der Waals surface area contributed by atoms with Crippen LogP contribution in [0.1, 0.15) is 21.5 Å². The first-order valence-corrected chi connectivity index (χ1v) is 8.83. The number of carbonyl (C=O) groups excluding carboxylic acids is 1. The van der Waals surface area contributed by atoms with Crippen LogP contribution in [0.25, 0.3) is 10.9 Å². The van der Waals surface area contributed by atoms with Gasteiger partial charge in [0.05, 0.1) is 12.2 Å². The summed E-state index contributed by atoms with van der Waals surface area (Å²) < 4.78 is 11.3. The molecule has 1 aromatic heterocycles. The monoisotopic (exact) mass is 350 g/mol. The number of hydrogen-bond donors (Lipinski definition) is 1. The van der Waals surface area contributed by atoms with Gasteiger partial charge in [-0.25, -0.2) is 4.79 Å². The Morgan fingerprint density at radius 1 is 1.27 bits per heavy atom. The Bertz CT molecular complexity index is 959. The Morgan fingerprint density at radius 2 is 2.15 bits per heavy atom. The third-order valence-electron chi connectivity index (χ3n) is 4.71. The average molecular weight is 350 g/mol. The lowest BCUT2D eigenvalue weighted by Crippen LogP contribution is -2.15. The van der Waals surface area contributed by atoms with Crippen LogP contribution in [0.2, 0.25) is 0 Å². The molecule has 0 aliphatic carbocycles. The van der Waals surface area contributed by atoms with Gasteiger partial charge in [0.1, 0.15) is 11.5 Å². The number of hydrogen-bond acceptors (Lipinski definition) is 4. The number of nitrogens with one attached hydrogen (secondary N) is 1. The van der Waals surface area contributed by atoms with Crippen LogP contribution >= 0.6 is 0 Å². The van der Waals surface area contributed by atoms with E-state index in [2.05, 4.69) is 9.88 Å². The second-order valence-electron chi connectivity index (χ2n) is 6.86. The minimum Gasteiger partial charge on any atom is -0.493 e. The van der Waals surface area contributed by atoms with Gasteiger partial charge < -0.3 is 19.4 Å². The number of nitrogens with zero attached hydrogens (tertiary/aromatic N) is 1. The van der Waals surface area contributed by atoms with Gasteiger partial charge in [-0.2, -0.15) is 0 Å². The van der Waals surface area contributed by atoms with E-state index in [0.29, 0.717) is 17.9 Å². The van der Waals surface area contributed by atoms with Crippen LogP contribution in [0.3, 0.4) is 0 Å². The van der Waals surface area contributed by atoms with Gasteiger partial charge in [0.15, 0.2) is 0 Å². The molecule has 5 nitrogen and oxygen atoms in total. The molecule has 26 heavy (non-hydrogen) atoms. The highest BCUT2D eigenvalue weighted by Gasteiger charge is 2.18. The Morgan fingerprint density at radius 3 is 3.00 bits per heavy atom. The molecule has 134 valence electrons. The summed E-state index contributed by atoms with van der Waals surface area (Å²) in [6.07, 6.45) is 3.72. The predicted octanol–water partition coefficient (Wildman–Crippen LogP) is 3.43. The third kappa shape index (κ3) is 3.18. The summed E-state index contributed by atoms with van der Waals surface area (Å²) in [6, 6.07) is 11.2. The molecular weight excluding hydrogens is 328 g/mol. The van der Waals surface area contributed by atoms with E-state index in [1.807, 2.05) is 50.6 Å². The predicted molar refractivity (Wildman–Crippen MR) is 101 cm³/mol. The summed E-state index contributed by atoms with van der Waals surface area (Å²) in [5, 5.41) is 0.979. The van der Waals surface area contributed by atoms with E-state index in [1.165, 1.54) is 0 Å². The average Bonchev–Trinajstić information content (AvgIpc) is 3.26. The Kier molecular flexibility index (Phi) is 4.39. The summed E-state index contributed by atoms with van der Waals surface area (Å²) in [4.78, 5) is 18.1. The fraction of sp³-hybridized carbons (Fsp3) is 0.286. The van der Waals surface area contributed by atoms with Gasteiger partial charge in [0, 0.05) is 30.1 Å². The zero-order chi connectivity index (χ0) is 18.1. The first kappa shape index (κ1) is 16.7. The molecule has 2 aromatic carbocycles. The Balaban J connectivity index is 1.62. The molecule has 0 bridgehead atoms. The molecule has 1 aliphatic heterocycles. The van der Waals surface area contributed by atoms with Crippen LogP contribution in [-0.4, -0.2) is 43.1 Å². The van der Waals surface area contributed by atoms with Crippen LogP contribution < -0.4 is 9.47 Å². The maximum Gasteiger partial charge on any atom is 0.343 e. The molecular formula is C21H22N2O3. The number of fused-ring (bicyclic) bond motifs is 2. The fourth-order valence-corrected chi connectivity index (χ4v) is 3.32. The molecule has 0 saturated heterocycles. The van der Waals surface area contributed by atoms with Crippen LogP contribution in [0, 0.1) is 0 Å². The molecule has 0 spiro atoms. The van der Waals surface area contributed by atoms with Crippen molar-refractivity contribution in [1.29, 1.82) is 0 Å². The highest BCUT2D eigenvalue weighted by Crippen LogP contribution is 2.31. The van der Waals surface area contributed by atoms with Crippen molar-refractivity contribution in [1.82, 2.24) is 9.88 Å². The normalized spacial score (nSPS) is 13.0. The van der Waals surface area contributed by atoms with E-state index >= 15 is 0 Å². The quantitative estimate of drug-likeness (QED) is 0.566. The second-order valence-corrected chi connectivity index (χ2v) is 6.86.